The molecule has 0 aromatic carbocycles. The Kier molecular flexibility index (Phi) is 3.86. The number of carboxylic acids is 1. The molecule has 1 saturated heterocycles. The van der Waals surface area contributed by atoms with Gasteiger partial charge in [-0.3, -0.25) is 4.79 Å². The smallest absolute Gasteiger partial charge is 0.358 e. The summed E-state index contributed by atoms with van der Waals surface area (Å²) in [6.07, 6.45) is 11.0. The third kappa shape index (κ3) is 2.72. The number of fused-ring (bicyclic) bond motifs is 2. The largest absolute Gasteiger partial charge is 0.476 e. The van der Waals surface area contributed by atoms with Crippen LogP contribution in [0.4, 0.5) is 0 Å². The van der Waals surface area contributed by atoms with Crippen molar-refractivity contribution in [2.45, 2.75) is 38.1 Å². The highest BCUT2D eigenvalue weighted by Gasteiger charge is 2.39. The van der Waals surface area contributed by atoms with Gasteiger partial charge in [0.15, 0.2) is 5.69 Å². The molecule has 2 fully saturated rings. The highest BCUT2D eigenvalue weighted by Crippen LogP contribution is 2.41. The molecule has 0 spiro atoms. The van der Waals surface area contributed by atoms with Gasteiger partial charge in [-0.1, -0.05) is 17.4 Å². The van der Waals surface area contributed by atoms with Crippen LogP contribution in [0, 0.1) is 17.8 Å². The fourth-order valence-corrected chi connectivity index (χ4v) is 4.35. The van der Waals surface area contributed by atoms with Gasteiger partial charge in [-0.25, -0.2) is 9.48 Å². The van der Waals surface area contributed by atoms with E-state index in [1.165, 1.54) is 12.6 Å². The first-order chi connectivity index (χ1) is 11.6. The lowest BCUT2D eigenvalue weighted by Gasteiger charge is -2.41. The summed E-state index contributed by atoms with van der Waals surface area (Å²) in [5, 5.41) is 16.5. The van der Waals surface area contributed by atoms with Crippen molar-refractivity contribution < 1.29 is 14.7 Å². The molecule has 1 aliphatic heterocycles. The minimum absolute atomic E-state index is 0.0291. The van der Waals surface area contributed by atoms with Gasteiger partial charge in [-0.15, -0.1) is 5.10 Å². The van der Waals surface area contributed by atoms with Crippen LogP contribution in [0.1, 0.15) is 48.6 Å². The molecule has 4 aliphatic rings. The Morgan fingerprint density at radius 2 is 1.92 bits per heavy atom. The molecule has 3 aliphatic carbocycles. The molecule has 5 rings (SSSR count). The highest BCUT2D eigenvalue weighted by molar-refractivity contribution is 5.84. The summed E-state index contributed by atoms with van der Waals surface area (Å²) < 4.78 is 1.64. The molecular weight excluding hydrogens is 308 g/mol. The number of aromatic nitrogens is 3. The molecule has 7 nitrogen and oxygen atoms in total. The number of nitrogens with zero attached hydrogens (tertiary/aromatic N) is 4. The average molecular weight is 330 g/mol. The average Bonchev–Trinajstić information content (AvgIpc) is 3.13. The SMILES string of the molecule is O=C(O)c1cn(C2CCN(C(=O)[C@@H]3C[C@@H]4C=C[C@H]3CC4)CC2)nn1. The summed E-state index contributed by atoms with van der Waals surface area (Å²) in [5.41, 5.74) is -0.0291. The number of aromatic carboxylic acids is 1. The number of amides is 1. The maximum absolute atomic E-state index is 12.9. The standard InChI is InChI=1S/C17H22N4O3/c22-16(14-9-11-1-3-12(14)4-2-11)20-7-5-13(6-8-20)21-10-15(17(23)24)18-19-21/h1,3,10-14H,2,4-9H2,(H,23,24)/t11-,12+,14-/m1/s1. The van der Waals surface area contributed by atoms with Gasteiger partial charge in [-0.2, -0.15) is 0 Å². The third-order valence-electron chi connectivity index (χ3n) is 5.77. The van der Waals surface area contributed by atoms with Gasteiger partial charge in [0.25, 0.3) is 0 Å². The molecule has 1 aromatic rings. The molecule has 128 valence electrons. The highest BCUT2D eigenvalue weighted by atomic mass is 16.4. The van der Waals surface area contributed by atoms with Crippen LogP contribution in [0.15, 0.2) is 18.3 Å². The normalized spacial score (nSPS) is 29.8. The number of allylic oxidation sites excluding steroid dienone is 2. The molecule has 1 aromatic heterocycles. The monoisotopic (exact) mass is 330 g/mol. The lowest BCUT2D eigenvalue weighted by Crippen LogP contribution is -2.46. The number of likely N-dealkylation sites (tertiary alicyclic amines) is 1. The topological polar surface area (TPSA) is 88.3 Å². The Balaban J connectivity index is 1.36. The molecule has 0 unspecified atom stereocenters. The van der Waals surface area contributed by atoms with Crippen molar-refractivity contribution in [3.63, 3.8) is 0 Å². The second-order valence-corrected chi connectivity index (χ2v) is 7.17. The summed E-state index contributed by atoms with van der Waals surface area (Å²) in [7, 11) is 0. The second kappa shape index (κ2) is 6.03. The summed E-state index contributed by atoms with van der Waals surface area (Å²) in [5.74, 6) is 0.418. The van der Waals surface area contributed by atoms with Crippen molar-refractivity contribution in [1.29, 1.82) is 0 Å². The fourth-order valence-electron chi connectivity index (χ4n) is 4.35. The number of rotatable bonds is 3. The van der Waals surface area contributed by atoms with Crippen molar-refractivity contribution in [1.82, 2.24) is 19.9 Å². The third-order valence-corrected chi connectivity index (χ3v) is 5.77. The van der Waals surface area contributed by atoms with Gasteiger partial charge in [-0.05, 0) is 43.9 Å². The molecule has 2 heterocycles. The van der Waals surface area contributed by atoms with Crippen LogP contribution in [-0.2, 0) is 4.79 Å². The van der Waals surface area contributed by atoms with Crippen LogP contribution in [0.5, 0.6) is 0 Å². The molecular formula is C17H22N4O3. The van der Waals surface area contributed by atoms with Gasteiger partial charge < -0.3 is 10.0 Å². The number of carboxylic acid groups (broad SMARTS) is 1. The Hall–Kier alpha value is -2.18. The van der Waals surface area contributed by atoms with Crippen molar-refractivity contribution in [3.05, 3.63) is 24.0 Å². The molecule has 0 radical (unpaired) electrons. The van der Waals surface area contributed by atoms with Crippen molar-refractivity contribution in [2.75, 3.05) is 13.1 Å². The van der Waals surface area contributed by atoms with Crippen LogP contribution < -0.4 is 0 Å². The zero-order valence-corrected chi connectivity index (χ0v) is 13.5. The molecule has 3 atom stereocenters. The van der Waals surface area contributed by atoms with E-state index in [-0.39, 0.29) is 17.7 Å². The molecule has 2 bridgehead atoms. The number of carbonyl (C=O) groups excluding carboxylic acids is 1. The van der Waals surface area contributed by atoms with E-state index in [4.69, 9.17) is 5.11 Å². The van der Waals surface area contributed by atoms with Crippen LogP contribution in [0.2, 0.25) is 0 Å². The first kappa shape index (κ1) is 15.4. The van der Waals surface area contributed by atoms with Gasteiger partial charge in [0, 0.05) is 19.0 Å². The van der Waals surface area contributed by atoms with Crippen molar-refractivity contribution >= 4 is 11.9 Å². The van der Waals surface area contributed by atoms with E-state index in [0.717, 1.165) is 25.7 Å². The lowest BCUT2D eigenvalue weighted by molar-refractivity contribution is -0.140. The Labute approximate surface area is 140 Å². The summed E-state index contributed by atoms with van der Waals surface area (Å²) in [4.78, 5) is 25.8. The maximum Gasteiger partial charge on any atom is 0.358 e. The predicted molar refractivity (Wildman–Crippen MR) is 85.3 cm³/mol. The van der Waals surface area contributed by atoms with E-state index in [1.54, 1.807) is 4.68 Å². The van der Waals surface area contributed by atoms with E-state index in [0.29, 0.717) is 30.8 Å². The Morgan fingerprint density at radius 3 is 2.46 bits per heavy atom. The molecule has 7 heteroatoms. The van der Waals surface area contributed by atoms with Crippen LogP contribution in [0.25, 0.3) is 0 Å². The summed E-state index contributed by atoms with van der Waals surface area (Å²) in [6.45, 7) is 1.42. The zero-order valence-electron chi connectivity index (χ0n) is 13.5. The zero-order chi connectivity index (χ0) is 16.7. The van der Waals surface area contributed by atoms with E-state index in [9.17, 15) is 9.59 Å². The molecule has 1 saturated carbocycles. The minimum Gasteiger partial charge on any atom is -0.476 e. The Morgan fingerprint density at radius 1 is 1.12 bits per heavy atom. The van der Waals surface area contributed by atoms with Gasteiger partial charge in [0.05, 0.1) is 12.2 Å². The van der Waals surface area contributed by atoms with Crippen LogP contribution in [-0.4, -0.2) is 50.0 Å². The maximum atomic E-state index is 12.9. The second-order valence-electron chi connectivity index (χ2n) is 7.17. The number of hydrogen-bond donors (Lipinski definition) is 1. The van der Waals surface area contributed by atoms with Crippen molar-refractivity contribution in [3.8, 4) is 0 Å². The number of piperidine rings is 1. The van der Waals surface area contributed by atoms with Crippen LogP contribution >= 0.6 is 0 Å². The first-order valence-corrected chi connectivity index (χ1v) is 8.74. The van der Waals surface area contributed by atoms with Gasteiger partial charge in [0.2, 0.25) is 5.91 Å². The van der Waals surface area contributed by atoms with E-state index >= 15 is 0 Å². The van der Waals surface area contributed by atoms with E-state index in [2.05, 4.69) is 22.5 Å². The number of carbonyl (C=O) groups is 2. The molecule has 24 heavy (non-hydrogen) atoms. The molecule has 1 N–H and O–H groups in total. The van der Waals surface area contributed by atoms with Crippen LogP contribution in [0.3, 0.4) is 0 Å². The van der Waals surface area contributed by atoms with Gasteiger partial charge in [0.1, 0.15) is 0 Å². The first-order valence-electron chi connectivity index (χ1n) is 8.74. The number of hydrogen-bond acceptors (Lipinski definition) is 4. The van der Waals surface area contributed by atoms with E-state index < -0.39 is 5.97 Å². The fraction of sp³-hybridized carbons (Fsp3) is 0.647. The Bertz CT molecular complexity index is 675. The minimum atomic E-state index is -1.06. The predicted octanol–water partition coefficient (Wildman–Crippen LogP) is 1.74. The van der Waals surface area contributed by atoms with Gasteiger partial charge >= 0.3 is 5.97 Å². The molecule has 1 amide bonds. The van der Waals surface area contributed by atoms with E-state index in [1.807, 2.05) is 4.90 Å². The summed E-state index contributed by atoms with van der Waals surface area (Å²) in [6, 6.07) is 0.123. The summed E-state index contributed by atoms with van der Waals surface area (Å²) >= 11 is 0. The lowest BCUT2D eigenvalue weighted by atomic mass is 9.68. The quantitative estimate of drug-likeness (QED) is 0.853. The van der Waals surface area contributed by atoms with Crippen molar-refractivity contribution in [2.24, 2.45) is 17.8 Å².